The van der Waals surface area contributed by atoms with Crippen molar-refractivity contribution in [1.82, 2.24) is 4.90 Å². The van der Waals surface area contributed by atoms with Gasteiger partial charge in [0.25, 0.3) is 0 Å². The highest BCUT2D eigenvalue weighted by Crippen LogP contribution is 2.52. The van der Waals surface area contributed by atoms with Gasteiger partial charge >= 0.3 is 12.1 Å². The lowest BCUT2D eigenvalue weighted by atomic mass is 9.63. The Kier molecular flexibility index (Phi) is 7.07. The third-order valence-corrected chi connectivity index (χ3v) is 10.1. The topological polar surface area (TPSA) is 57.6 Å². The Morgan fingerprint density at radius 1 is 1.00 bits per heavy atom. The molecule has 2 aliphatic carbocycles. The number of carbonyl (C=O) groups excluding carboxylic acids is 1. The van der Waals surface area contributed by atoms with Crippen molar-refractivity contribution in [3.63, 3.8) is 0 Å². The van der Waals surface area contributed by atoms with Gasteiger partial charge in [0, 0.05) is 23.4 Å². The molecule has 3 unspecified atom stereocenters. The van der Waals surface area contributed by atoms with E-state index < -0.39 is 40.1 Å². The summed E-state index contributed by atoms with van der Waals surface area (Å²) < 4.78 is 55.5. The molecular weight excluding hydrogens is 522 g/mol. The smallest absolute Gasteiger partial charge is 0.426 e. The molecule has 2 aromatic carbocycles. The van der Waals surface area contributed by atoms with Crippen molar-refractivity contribution >= 4 is 11.9 Å². The molecule has 1 N–H and O–H groups in total. The molecule has 0 bridgehead atoms. The number of aryl methyl sites for hydroxylation is 2. The van der Waals surface area contributed by atoms with Gasteiger partial charge in [0.1, 0.15) is 0 Å². The molecule has 0 radical (unpaired) electrons. The highest BCUT2D eigenvalue weighted by molar-refractivity contribution is 5.84. The third-order valence-electron chi connectivity index (χ3n) is 10.1. The molecule has 0 spiro atoms. The number of carboxylic acid groups (broad SMARTS) is 1. The number of aliphatic carboxylic acids is 1. The number of fused-ring (bicyclic) bond motifs is 3. The number of carboxylic acids is 1. The van der Waals surface area contributed by atoms with E-state index in [1.54, 1.807) is 6.07 Å². The quantitative estimate of drug-likeness (QED) is 0.400. The SMILES string of the molecule is Cc1ccc(CC23CCN(C(=O)[C@]4(C)CC[C@@H](C(=O)O)CC4)C2CCc2cc(C(C)(F)C(F)(F)F)ccc23)cc1. The maximum Gasteiger partial charge on any atom is 0.426 e. The van der Waals surface area contributed by atoms with Crippen LogP contribution >= 0.6 is 0 Å². The normalized spacial score (nSPS) is 29.8. The maximum absolute atomic E-state index is 14.9. The minimum absolute atomic E-state index is 0.0422. The summed E-state index contributed by atoms with van der Waals surface area (Å²) in [5.41, 5.74) is -1.16. The fourth-order valence-electron chi connectivity index (χ4n) is 7.40. The zero-order valence-corrected chi connectivity index (χ0v) is 23.3. The average molecular weight is 560 g/mol. The second-order valence-corrected chi connectivity index (χ2v) is 12.7. The van der Waals surface area contributed by atoms with Crippen LogP contribution in [0, 0.1) is 18.3 Å². The van der Waals surface area contributed by atoms with E-state index >= 15 is 0 Å². The lowest BCUT2D eigenvalue weighted by Gasteiger charge is -2.46. The zero-order chi connectivity index (χ0) is 29.1. The molecule has 3 atom stereocenters. The van der Waals surface area contributed by atoms with E-state index in [0.29, 0.717) is 64.8 Å². The Hall–Kier alpha value is -2.90. The number of hydrogen-bond acceptors (Lipinski definition) is 2. The zero-order valence-electron chi connectivity index (χ0n) is 23.3. The van der Waals surface area contributed by atoms with Crippen LogP contribution in [-0.4, -0.2) is 40.6 Å². The molecule has 0 aromatic heterocycles. The van der Waals surface area contributed by atoms with Gasteiger partial charge in [0.15, 0.2) is 0 Å². The van der Waals surface area contributed by atoms with Crippen LogP contribution in [0.1, 0.15) is 80.2 Å². The highest BCUT2D eigenvalue weighted by atomic mass is 19.4. The number of amides is 1. The number of alkyl halides is 4. The number of nitrogens with zero attached hydrogens (tertiary/aromatic N) is 1. The maximum atomic E-state index is 14.9. The van der Waals surface area contributed by atoms with Crippen LogP contribution in [0.25, 0.3) is 0 Å². The molecule has 2 fully saturated rings. The van der Waals surface area contributed by atoms with Gasteiger partial charge in [-0.05, 0) is 87.5 Å². The summed E-state index contributed by atoms with van der Waals surface area (Å²) in [6.07, 6.45) is -0.733. The molecule has 4 nitrogen and oxygen atoms in total. The van der Waals surface area contributed by atoms with Gasteiger partial charge in [-0.2, -0.15) is 13.2 Å². The van der Waals surface area contributed by atoms with E-state index in [2.05, 4.69) is 12.1 Å². The molecule has 8 heteroatoms. The Labute approximate surface area is 232 Å². The van der Waals surface area contributed by atoms with Crippen LogP contribution < -0.4 is 0 Å². The van der Waals surface area contributed by atoms with Gasteiger partial charge < -0.3 is 10.0 Å². The van der Waals surface area contributed by atoms with Crippen molar-refractivity contribution < 1.29 is 32.3 Å². The van der Waals surface area contributed by atoms with Crippen molar-refractivity contribution in [2.75, 3.05) is 6.54 Å². The van der Waals surface area contributed by atoms with Gasteiger partial charge in [0.2, 0.25) is 11.6 Å². The van der Waals surface area contributed by atoms with E-state index in [-0.39, 0.29) is 11.9 Å². The van der Waals surface area contributed by atoms with Crippen molar-refractivity contribution in [3.05, 3.63) is 70.3 Å². The molecule has 1 saturated carbocycles. The highest BCUT2D eigenvalue weighted by Gasteiger charge is 2.57. The molecule has 216 valence electrons. The number of hydrogen-bond donors (Lipinski definition) is 1. The molecule has 1 heterocycles. The second kappa shape index (κ2) is 9.88. The van der Waals surface area contributed by atoms with Crippen molar-refractivity contribution in [3.8, 4) is 0 Å². The van der Waals surface area contributed by atoms with Crippen molar-refractivity contribution in [1.29, 1.82) is 0 Å². The molecule has 3 aliphatic rings. The second-order valence-electron chi connectivity index (χ2n) is 12.7. The first-order valence-electron chi connectivity index (χ1n) is 14.2. The first-order chi connectivity index (χ1) is 18.7. The van der Waals surface area contributed by atoms with E-state index in [9.17, 15) is 32.3 Å². The Morgan fingerprint density at radius 3 is 2.25 bits per heavy atom. The molecule has 1 amide bonds. The molecule has 1 aliphatic heterocycles. The van der Waals surface area contributed by atoms with E-state index in [4.69, 9.17) is 0 Å². The van der Waals surface area contributed by atoms with Crippen molar-refractivity contribution in [2.45, 2.75) is 95.4 Å². The summed E-state index contributed by atoms with van der Waals surface area (Å²) in [6.45, 7) is 5.04. The van der Waals surface area contributed by atoms with Crippen LogP contribution in [0.2, 0.25) is 0 Å². The van der Waals surface area contributed by atoms with Gasteiger partial charge in [-0.15, -0.1) is 0 Å². The van der Waals surface area contributed by atoms with Crippen LogP contribution in [0.5, 0.6) is 0 Å². The van der Waals surface area contributed by atoms with Gasteiger partial charge in [-0.25, -0.2) is 4.39 Å². The third kappa shape index (κ3) is 4.71. The summed E-state index contributed by atoms with van der Waals surface area (Å²) in [6, 6.07) is 12.4. The fourth-order valence-corrected chi connectivity index (χ4v) is 7.40. The molecule has 1 saturated heterocycles. The molecule has 40 heavy (non-hydrogen) atoms. The average Bonchev–Trinajstić information content (AvgIpc) is 3.28. The first-order valence-corrected chi connectivity index (χ1v) is 14.2. The number of likely N-dealkylation sites (tertiary alicyclic amines) is 1. The predicted molar refractivity (Wildman–Crippen MR) is 144 cm³/mol. The van der Waals surface area contributed by atoms with Gasteiger partial charge in [-0.1, -0.05) is 55.0 Å². The first kappa shape index (κ1) is 28.6. The Morgan fingerprint density at radius 2 is 1.65 bits per heavy atom. The number of carbonyl (C=O) groups is 2. The number of benzene rings is 2. The minimum atomic E-state index is -5.02. The number of halogens is 4. The van der Waals surface area contributed by atoms with Gasteiger partial charge in [0.05, 0.1) is 5.92 Å². The standard InChI is InChI=1S/C32H37F4NO3/c1-20-4-6-21(7-5-20)19-31-16-17-37(28(40)29(2)14-12-22(13-15-29)27(38)39)26(31)11-8-23-18-24(9-10-25(23)31)30(3,33)32(34,35)36/h4-7,9-10,18,22,26H,8,11-17,19H2,1-3H3,(H,38,39)/t22-,26?,29-,30?,31?. The van der Waals surface area contributed by atoms with Crippen LogP contribution in [0.4, 0.5) is 17.6 Å². The summed E-state index contributed by atoms with van der Waals surface area (Å²) in [5.74, 6) is -1.19. The monoisotopic (exact) mass is 559 g/mol. The molecular formula is C32H37F4NO3. The Bertz CT molecular complexity index is 1290. The van der Waals surface area contributed by atoms with E-state index in [1.165, 1.54) is 12.1 Å². The molecule has 5 rings (SSSR count). The summed E-state index contributed by atoms with van der Waals surface area (Å²) in [5, 5.41) is 9.43. The van der Waals surface area contributed by atoms with Gasteiger partial charge in [-0.3, -0.25) is 9.59 Å². The molecule has 2 aromatic rings. The van der Waals surface area contributed by atoms with Crippen molar-refractivity contribution in [2.24, 2.45) is 11.3 Å². The minimum Gasteiger partial charge on any atom is -0.481 e. The van der Waals surface area contributed by atoms with E-state index in [0.717, 1.165) is 22.3 Å². The predicted octanol–water partition coefficient (Wildman–Crippen LogP) is 7.05. The van der Waals surface area contributed by atoms with Crippen LogP contribution in [0.15, 0.2) is 42.5 Å². The summed E-state index contributed by atoms with van der Waals surface area (Å²) in [4.78, 5) is 27.6. The number of rotatable bonds is 5. The largest absolute Gasteiger partial charge is 0.481 e. The Balaban J connectivity index is 1.52. The van der Waals surface area contributed by atoms with E-state index in [1.807, 2.05) is 30.9 Å². The summed E-state index contributed by atoms with van der Waals surface area (Å²) >= 11 is 0. The van der Waals surface area contributed by atoms with Crippen LogP contribution in [0.3, 0.4) is 0 Å². The summed E-state index contributed by atoms with van der Waals surface area (Å²) in [7, 11) is 0. The van der Waals surface area contributed by atoms with Crippen LogP contribution in [-0.2, 0) is 33.5 Å². The lowest BCUT2D eigenvalue weighted by Crippen LogP contribution is -2.53. The lowest BCUT2D eigenvalue weighted by molar-refractivity contribution is -0.228. The fraction of sp³-hybridized carbons (Fsp3) is 0.562.